The molecule has 1 rings (SSSR count). The van der Waals surface area contributed by atoms with Gasteiger partial charge in [-0.15, -0.1) is 0 Å². The van der Waals surface area contributed by atoms with Crippen molar-refractivity contribution in [1.29, 1.82) is 0 Å². The molecular formula is C12H22N4O. The molecule has 0 aliphatic carbocycles. The Kier molecular flexibility index (Phi) is 4.15. The number of nitrogen functional groups attached to an aromatic ring is 1. The number of hydrogen-bond acceptors (Lipinski definition) is 5. The quantitative estimate of drug-likeness (QED) is 0.841. The molecule has 0 spiro atoms. The maximum atomic E-state index is 5.95. The molecule has 0 aliphatic heterocycles. The smallest absolute Gasteiger partial charge is 0.242 e. The summed E-state index contributed by atoms with van der Waals surface area (Å²) in [4.78, 5) is 8.70. The van der Waals surface area contributed by atoms with Gasteiger partial charge in [-0.25, -0.2) is 4.98 Å². The molecule has 96 valence electrons. The molecule has 0 aliphatic rings. The van der Waals surface area contributed by atoms with E-state index in [-0.39, 0.29) is 5.54 Å². The molecule has 0 unspecified atom stereocenters. The molecule has 0 bridgehead atoms. The third-order valence-electron chi connectivity index (χ3n) is 2.12. The van der Waals surface area contributed by atoms with Gasteiger partial charge >= 0.3 is 0 Å². The zero-order valence-corrected chi connectivity index (χ0v) is 11.3. The first-order chi connectivity index (χ1) is 7.87. The standard InChI is InChI=1S/C12H22N4O/c1-6-7-8-14-10(16-12(2,3)4)9(13)11(15-8)17-5/h6-7,13H2,1-5H3,(H,14,15,16). The van der Waals surface area contributed by atoms with Gasteiger partial charge in [0.2, 0.25) is 5.88 Å². The summed E-state index contributed by atoms with van der Waals surface area (Å²) in [6.07, 6.45) is 1.80. The van der Waals surface area contributed by atoms with Crippen LogP contribution in [0.25, 0.3) is 0 Å². The highest BCUT2D eigenvalue weighted by molar-refractivity contribution is 5.67. The van der Waals surface area contributed by atoms with Crippen molar-refractivity contribution >= 4 is 11.5 Å². The second kappa shape index (κ2) is 5.21. The van der Waals surface area contributed by atoms with E-state index in [9.17, 15) is 0 Å². The molecule has 1 aromatic heterocycles. The normalized spacial score (nSPS) is 11.4. The Bertz CT molecular complexity index is 385. The summed E-state index contributed by atoms with van der Waals surface area (Å²) in [6.45, 7) is 8.25. The molecule has 1 heterocycles. The topological polar surface area (TPSA) is 73.1 Å². The van der Waals surface area contributed by atoms with Crippen molar-refractivity contribution in [2.24, 2.45) is 0 Å². The van der Waals surface area contributed by atoms with E-state index in [0.717, 1.165) is 18.7 Å². The largest absolute Gasteiger partial charge is 0.479 e. The molecule has 0 radical (unpaired) electrons. The zero-order chi connectivity index (χ0) is 13.1. The molecule has 0 saturated carbocycles. The summed E-state index contributed by atoms with van der Waals surface area (Å²) < 4.78 is 5.17. The third-order valence-corrected chi connectivity index (χ3v) is 2.12. The summed E-state index contributed by atoms with van der Waals surface area (Å²) in [5, 5.41) is 3.27. The van der Waals surface area contributed by atoms with Crippen LogP contribution >= 0.6 is 0 Å². The van der Waals surface area contributed by atoms with Crippen LogP contribution in [-0.2, 0) is 6.42 Å². The van der Waals surface area contributed by atoms with Gasteiger partial charge in [0.1, 0.15) is 11.5 Å². The van der Waals surface area contributed by atoms with Crippen molar-refractivity contribution in [2.45, 2.75) is 46.1 Å². The average molecular weight is 238 g/mol. The lowest BCUT2D eigenvalue weighted by Gasteiger charge is -2.23. The van der Waals surface area contributed by atoms with E-state index in [0.29, 0.717) is 17.4 Å². The zero-order valence-electron chi connectivity index (χ0n) is 11.3. The first-order valence-corrected chi connectivity index (χ1v) is 5.86. The first kappa shape index (κ1) is 13.5. The van der Waals surface area contributed by atoms with E-state index in [2.05, 4.69) is 43.0 Å². The second-order valence-corrected chi connectivity index (χ2v) is 5.04. The molecule has 0 atom stereocenters. The lowest BCUT2D eigenvalue weighted by atomic mass is 10.1. The monoisotopic (exact) mass is 238 g/mol. The minimum Gasteiger partial charge on any atom is -0.479 e. The average Bonchev–Trinajstić information content (AvgIpc) is 2.21. The van der Waals surface area contributed by atoms with Gasteiger partial charge in [-0.1, -0.05) is 6.92 Å². The van der Waals surface area contributed by atoms with Gasteiger partial charge in [-0.3, -0.25) is 0 Å². The van der Waals surface area contributed by atoms with Crippen LogP contribution in [0, 0.1) is 0 Å². The van der Waals surface area contributed by atoms with E-state index in [4.69, 9.17) is 10.5 Å². The van der Waals surface area contributed by atoms with Crippen LogP contribution in [0.4, 0.5) is 11.5 Å². The highest BCUT2D eigenvalue weighted by atomic mass is 16.5. The van der Waals surface area contributed by atoms with Crippen molar-refractivity contribution in [3.63, 3.8) is 0 Å². The number of aromatic nitrogens is 2. The number of nitrogens with zero attached hydrogens (tertiary/aromatic N) is 2. The lowest BCUT2D eigenvalue weighted by molar-refractivity contribution is 0.397. The number of rotatable bonds is 4. The molecule has 5 heteroatoms. The number of anilines is 2. The fourth-order valence-electron chi connectivity index (χ4n) is 1.43. The number of methoxy groups -OCH3 is 1. The number of nitrogens with one attached hydrogen (secondary N) is 1. The summed E-state index contributed by atoms with van der Waals surface area (Å²) in [5.74, 6) is 1.84. The Morgan fingerprint density at radius 1 is 1.29 bits per heavy atom. The number of hydrogen-bond donors (Lipinski definition) is 2. The predicted octanol–water partition coefficient (Wildman–Crippen LogP) is 2.23. The summed E-state index contributed by atoms with van der Waals surface area (Å²) >= 11 is 0. The first-order valence-electron chi connectivity index (χ1n) is 5.86. The van der Waals surface area contributed by atoms with Crippen LogP contribution < -0.4 is 15.8 Å². The minimum atomic E-state index is -0.100. The van der Waals surface area contributed by atoms with E-state index >= 15 is 0 Å². The molecule has 0 aromatic carbocycles. The number of nitrogens with two attached hydrogens (primary N) is 1. The molecular weight excluding hydrogens is 216 g/mol. The van der Waals surface area contributed by atoms with E-state index in [1.54, 1.807) is 7.11 Å². The van der Waals surface area contributed by atoms with Gasteiger partial charge in [0.15, 0.2) is 5.82 Å². The van der Waals surface area contributed by atoms with E-state index < -0.39 is 0 Å². The third kappa shape index (κ3) is 3.76. The number of aryl methyl sites for hydroxylation is 1. The van der Waals surface area contributed by atoms with Gasteiger partial charge in [-0.05, 0) is 27.2 Å². The van der Waals surface area contributed by atoms with Crippen LogP contribution in [0.3, 0.4) is 0 Å². The Morgan fingerprint density at radius 3 is 2.41 bits per heavy atom. The van der Waals surface area contributed by atoms with Crippen molar-refractivity contribution < 1.29 is 4.74 Å². The van der Waals surface area contributed by atoms with Crippen LogP contribution in [0.5, 0.6) is 5.88 Å². The fraction of sp³-hybridized carbons (Fsp3) is 0.667. The lowest BCUT2D eigenvalue weighted by Crippen LogP contribution is -2.27. The molecule has 17 heavy (non-hydrogen) atoms. The number of ether oxygens (including phenoxy) is 1. The van der Waals surface area contributed by atoms with Crippen molar-refractivity contribution in [3.8, 4) is 5.88 Å². The maximum absolute atomic E-state index is 5.95. The Hall–Kier alpha value is -1.52. The Labute approximate surface area is 103 Å². The van der Waals surface area contributed by atoms with Gasteiger partial charge in [0.05, 0.1) is 7.11 Å². The van der Waals surface area contributed by atoms with Gasteiger partial charge < -0.3 is 15.8 Å². The maximum Gasteiger partial charge on any atom is 0.242 e. The van der Waals surface area contributed by atoms with Crippen molar-refractivity contribution in [1.82, 2.24) is 9.97 Å². The summed E-state index contributed by atoms with van der Waals surface area (Å²) in [5.41, 5.74) is 6.31. The molecule has 0 amide bonds. The van der Waals surface area contributed by atoms with E-state index in [1.807, 2.05) is 0 Å². The van der Waals surface area contributed by atoms with Gasteiger partial charge in [-0.2, -0.15) is 4.98 Å². The molecule has 0 saturated heterocycles. The summed E-state index contributed by atoms with van der Waals surface area (Å²) in [7, 11) is 1.56. The Balaban J connectivity index is 3.13. The molecule has 1 aromatic rings. The molecule has 5 nitrogen and oxygen atoms in total. The van der Waals surface area contributed by atoms with Crippen molar-refractivity contribution in [3.05, 3.63) is 5.82 Å². The highest BCUT2D eigenvalue weighted by Gasteiger charge is 2.17. The Morgan fingerprint density at radius 2 is 1.94 bits per heavy atom. The van der Waals surface area contributed by atoms with Crippen LogP contribution in [0.1, 0.15) is 39.9 Å². The van der Waals surface area contributed by atoms with Crippen LogP contribution in [0.15, 0.2) is 0 Å². The van der Waals surface area contributed by atoms with Crippen LogP contribution in [-0.4, -0.2) is 22.6 Å². The SMILES string of the molecule is CCCc1nc(NC(C)(C)C)c(N)c(OC)n1. The van der Waals surface area contributed by atoms with Gasteiger partial charge in [0.25, 0.3) is 0 Å². The second-order valence-electron chi connectivity index (χ2n) is 5.04. The van der Waals surface area contributed by atoms with Crippen molar-refractivity contribution in [2.75, 3.05) is 18.2 Å². The highest BCUT2D eigenvalue weighted by Crippen LogP contribution is 2.28. The van der Waals surface area contributed by atoms with Crippen LogP contribution in [0.2, 0.25) is 0 Å². The van der Waals surface area contributed by atoms with E-state index in [1.165, 1.54) is 0 Å². The fourth-order valence-corrected chi connectivity index (χ4v) is 1.43. The molecule has 0 fully saturated rings. The minimum absolute atomic E-state index is 0.100. The molecule has 3 N–H and O–H groups in total. The summed E-state index contributed by atoms with van der Waals surface area (Å²) in [6, 6.07) is 0. The van der Waals surface area contributed by atoms with Gasteiger partial charge in [0, 0.05) is 12.0 Å². The predicted molar refractivity (Wildman–Crippen MR) is 70.4 cm³/mol.